The van der Waals surface area contributed by atoms with Gasteiger partial charge in [-0.05, 0) is 86.3 Å². The van der Waals surface area contributed by atoms with Gasteiger partial charge in [0.1, 0.15) is 35.7 Å². The van der Waals surface area contributed by atoms with Gasteiger partial charge in [0.15, 0.2) is 0 Å². The smallest absolute Gasteiger partial charge is 0.300 e. The normalized spacial score (nSPS) is 16.7. The third kappa shape index (κ3) is 4.50. The summed E-state index contributed by atoms with van der Waals surface area (Å²) >= 11 is 0. The zero-order valence-electron chi connectivity index (χ0n) is 21.8. The molecule has 3 aromatic carbocycles. The van der Waals surface area contributed by atoms with E-state index in [1.165, 1.54) is 4.90 Å². The van der Waals surface area contributed by atoms with Crippen LogP contribution >= 0.6 is 0 Å². The summed E-state index contributed by atoms with van der Waals surface area (Å²) < 4.78 is 11.9. The van der Waals surface area contributed by atoms with Gasteiger partial charge in [-0.2, -0.15) is 0 Å². The molecule has 0 radical (unpaired) electrons. The lowest BCUT2D eigenvalue weighted by molar-refractivity contribution is -0.132. The topological polar surface area (TPSA) is 80.0 Å². The van der Waals surface area contributed by atoms with Crippen molar-refractivity contribution in [3.8, 4) is 5.75 Å². The molecule has 5 rings (SSSR count). The summed E-state index contributed by atoms with van der Waals surface area (Å²) in [6.45, 7) is 7.94. The monoisotopic (exact) mass is 507 g/mol. The molecule has 1 unspecified atom stereocenters. The third-order valence-electron chi connectivity index (χ3n) is 7.00. The predicted octanol–water partition coefficient (Wildman–Crippen LogP) is 6.72. The maximum Gasteiger partial charge on any atom is 0.300 e. The molecule has 1 amide bonds. The number of aliphatic hydroxyl groups excluding tert-OH is 1. The summed E-state index contributed by atoms with van der Waals surface area (Å²) in [6, 6.07) is 23.3. The van der Waals surface area contributed by atoms with Crippen LogP contribution in [0.4, 0.5) is 5.69 Å². The first-order valence-electron chi connectivity index (χ1n) is 12.5. The number of hydrogen-bond acceptors (Lipinski definition) is 5. The lowest BCUT2D eigenvalue weighted by Gasteiger charge is -2.25. The fourth-order valence-corrected chi connectivity index (χ4v) is 4.80. The van der Waals surface area contributed by atoms with E-state index in [0.29, 0.717) is 35.1 Å². The minimum atomic E-state index is -0.904. The van der Waals surface area contributed by atoms with Crippen LogP contribution in [0.25, 0.3) is 5.76 Å². The second-order valence-electron chi connectivity index (χ2n) is 9.59. The van der Waals surface area contributed by atoms with E-state index >= 15 is 0 Å². The minimum Gasteiger partial charge on any atom is -0.507 e. The van der Waals surface area contributed by atoms with E-state index in [-0.39, 0.29) is 11.3 Å². The number of ether oxygens (including phenoxy) is 1. The second-order valence-corrected chi connectivity index (χ2v) is 9.59. The molecule has 0 aliphatic carbocycles. The lowest BCUT2D eigenvalue weighted by atomic mass is 9.97. The average molecular weight is 508 g/mol. The number of Topliss-reactive ketones (excluding diaryl/α,β-unsaturated/α-hetero) is 1. The third-order valence-corrected chi connectivity index (χ3v) is 7.00. The number of ketones is 1. The average Bonchev–Trinajstić information content (AvgIpc) is 3.45. The number of benzene rings is 3. The van der Waals surface area contributed by atoms with Crippen molar-refractivity contribution in [2.24, 2.45) is 0 Å². The van der Waals surface area contributed by atoms with Crippen molar-refractivity contribution >= 4 is 23.1 Å². The summed E-state index contributed by atoms with van der Waals surface area (Å²) in [5.41, 5.74) is 4.70. The number of aliphatic hydroxyl groups is 1. The zero-order chi connectivity index (χ0) is 27.0. The Morgan fingerprint density at radius 2 is 1.66 bits per heavy atom. The van der Waals surface area contributed by atoms with Gasteiger partial charge in [0.2, 0.25) is 0 Å². The molecule has 1 aromatic heterocycles. The van der Waals surface area contributed by atoms with Gasteiger partial charge in [0.05, 0.1) is 5.57 Å². The molecule has 1 atom stereocenters. The molecule has 0 spiro atoms. The molecule has 6 heteroatoms. The summed E-state index contributed by atoms with van der Waals surface area (Å²) in [4.78, 5) is 28.3. The van der Waals surface area contributed by atoms with E-state index in [1.54, 1.807) is 43.3 Å². The number of furan rings is 1. The zero-order valence-corrected chi connectivity index (χ0v) is 21.8. The molecule has 192 valence electrons. The Balaban J connectivity index is 1.57. The van der Waals surface area contributed by atoms with Crippen LogP contribution in [0.1, 0.15) is 45.4 Å². The molecule has 2 heterocycles. The summed E-state index contributed by atoms with van der Waals surface area (Å²) in [5.74, 6) is -0.0123. The number of nitrogens with zero attached hydrogens (tertiary/aromatic N) is 1. The first-order valence-corrected chi connectivity index (χ1v) is 12.5. The van der Waals surface area contributed by atoms with Crippen LogP contribution < -0.4 is 9.64 Å². The molecule has 1 N–H and O–H groups in total. The van der Waals surface area contributed by atoms with E-state index in [4.69, 9.17) is 9.15 Å². The van der Waals surface area contributed by atoms with Crippen LogP contribution in [0.3, 0.4) is 0 Å². The van der Waals surface area contributed by atoms with Crippen LogP contribution in [0, 0.1) is 27.7 Å². The SMILES string of the molecule is Cc1ccc(C2/C(=C(/O)c3ccc(OCc4ccccc4)c(C)c3)C(=O)C(=O)N2c2cccc(C)c2C)o1. The van der Waals surface area contributed by atoms with Gasteiger partial charge in [0, 0.05) is 11.3 Å². The van der Waals surface area contributed by atoms with Crippen molar-refractivity contribution in [3.63, 3.8) is 0 Å². The summed E-state index contributed by atoms with van der Waals surface area (Å²) in [7, 11) is 0. The fourth-order valence-electron chi connectivity index (χ4n) is 4.80. The minimum absolute atomic E-state index is 0.0115. The van der Waals surface area contributed by atoms with Gasteiger partial charge in [0.25, 0.3) is 11.7 Å². The van der Waals surface area contributed by atoms with Gasteiger partial charge >= 0.3 is 0 Å². The molecule has 1 aliphatic heterocycles. The summed E-state index contributed by atoms with van der Waals surface area (Å²) in [5, 5.41) is 11.5. The first-order chi connectivity index (χ1) is 18.3. The van der Waals surface area contributed by atoms with Crippen molar-refractivity contribution in [3.05, 3.63) is 124 Å². The highest BCUT2D eigenvalue weighted by molar-refractivity contribution is 6.51. The predicted molar refractivity (Wildman–Crippen MR) is 146 cm³/mol. The van der Waals surface area contributed by atoms with E-state index in [0.717, 1.165) is 22.3 Å². The second kappa shape index (κ2) is 10.1. The van der Waals surface area contributed by atoms with Gasteiger partial charge < -0.3 is 14.3 Å². The molecule has 6 nitrogen and oxygen atoms in total. The molecule has 1 aliphatic rings. The highest BCUT2D eigenvalue weighted by Crippen LogP contribution is 2.44. The highest BCUT2D eigenvalue weighted by Gasteiger charge is 2.48. The molecule has 1 saturated heterocycles. The van der Waals surface area contributed by atoms with E-state index < -0.39 is 17.7 Å². The van der Waals surface area contributed by atoms with Crippen molar-refractivity contribution < 1.29 is 23.8 Å². The molecule has 4 aromatic rings. The van der Waals surface area contributed by atoms with Crippen molar-refractivity contribution in [2.45, 2.75) is 40.3 Å². The van der Waals surface area contributed by atoms with Crippen molar-refractivity contribution in [1.82, 2.24) is 0 Å². The number of anilines is 1. The highest BCUT2D eigenvalue weighted by atomic mass is 16.5. The Kier molecular flexibility index (Phi) is 6.64. The maximum atomic E-state index is 13.4. The molecule has 0 bridgehead atoms. The van der Waals surface area contributed by atoms with Crippen molar-refractivity contribution in [2.75, 3.05) is 4.90 Å². The van der Waals surface area contributed by atoms with E-state index in [2.05, 4.69) is 0 Å². The number of hydrogen-bond donors (Lipinski definition) is 1. The van der Waals surface area contributed by atoms with Gasteiger partial charge in [-0.1, -0.05) is 42.5 Å². The number of carbonyl (C=O) groups excluding carboxylic acids is 2. The number of amides is 1. The molecule has 38 heavy (non-hydrogen) atoms. The van der Waals surface area contributed by atoms with Gasteiger partial charge in [-0.15, -0.1) is 0 Å². The number of carbonyl (C=O) groups is 2. The Morgan fingerprint density at radius 3 is 2.34 bits per heavy atom. The Hall–Kier alpha value is -4.58. The largest absolute Gasteiger partial charge is 0.507 e. The standard InChI is InChI=1S/C32H29NO5/c1-19-9-8-12-25(22(19)4)33-29(27-15-13-21(3)38-27)28(31(35)32(33)36)30(34)24-14-16-26(20(2)17-24)37-18-23-10-6-5-7-11-23/h5-17,29,34H,18H2,1-4H3/b30-28-. The molecular formula is C32H29NO5. The number of rotatable bonds is 6. The first kappa shape index (κ1) is 25.1. The van der Waals surface area contributed by atoms with Crippen LogP contribution in [0.2, 0.25) is 0 Å². The molecule has 0 saturated carbocycles. The Labute approximate surface area is 221 Å². The van der Waals surface area contributed by atoms with Crippen LogP contribution in [-0.4, -0.2) is 16.8 Å². The van der Waals surface area contributed by atoms with Crippen LogP contribution in [0.15, 0.2) is 88.9 Å². The van der Waals surface area contributed by atoms with Crippen molar-refractivity contribution in [1.29, 1.82) is 0 Å². The van der Waals surface area contributed by atoms with Crippen LogP contribution in [-0.2, 0) is 16.2 Å². The van der Waals surface area contributed by atoms with Gasteiger partial charge in [-0.3, -0.25) is 14.5 Å². The molecule has 1 fully saturated rings. The lowest BCUT2D eigenvalue weighted by Crippen LogP contribution is -2.30. The maximum absolute atomic E-state index is 13.4. The van der Waals surface area contributed by atoms with E-state index in [9.17, 15) is 14.7 Å². The Morgan fingerprint density at radius 1 is 0.895 bits per heavy atom. The Bertz CT molecular complexity index is 1560. The number of aryl methyl sites for hydroxylation is 3. The quantitative estimate of drug-likeness (QED) is 0.178. The fraction of sp³-hybridized carbons (Fsp3) is 0.188. The molecular weight excluding hydrogens is 478 g/mol. The summed E-state index contributed by atoms with van der Waals surface area (Å²) in [6.07, 6.45) is 0. The van der Waals surface area contributed by atoms with Gasteiger partial charge in [-0.25, -0.2) is 0 Å². The van der Waals surface area contributed by atoms with E-state index in [1.807, 2.05) is 63.2 Å². The van der Waals surface area contributed by atoms with Crippen LogP contribution in [0.5, 0.6) is 5.75 Å².